The minimum Gasteiger partial charge on any atom is -0.480 e. The Morgan fingerprint density at radius 1 is 1.35 bits per heavy atom. The lowest BCUT2D eigenvalue weighted by molar-refractivity contribution is -0.140. The van der Waals surface area contributed by atoms with E-state index in [2.05, 4.69) is 4.72 Å². The second kappa shape index (κ2) is 6.33. The van der Waals surface area contributed by atoms with Gasteiger partial charge in [0.05, 0.1) is 0 Å². The first kappa shape index (κ1) is 17.5. The number of hydrogen-bond donors (Lipinski definition) is 2. The topological polar surface area (TPSA) is 88.4 Å². The maximum Gasteiger partial charge on any atom is 0.322 e. The number of carbonyl (C=O) groups is 1. The first-order valence-electron chi connectivity index (χ1n) is 7.49. The summed E-state index contributed by atoms with van der Waals surface area (Å²) in [7, 11) is -2.16. The lowest BCUT2D eigenvalue weighted by Gasteiger charge is -2.20. The van der Waals surface area contributed by atoms with Crippen LogP contribution in [0.3, 0.4) is 0 Å². The lowest BCUT2D eigenvalue weighted by atomic mass is 10.0. The van der Waals surface area contributed by atoms with Crippen molar-refractivity contribution in [1.82, 2.24) is 9.29 Å². The predicted molar refractivity (Wildman–Crippen MR) is 88.9 cm³/mol. The second-order valence-electron chi connectivity index (χ2n) is 5.81. The summed E-state index contributed by atoms with van der Waals surface area (Å²) in [5.41, 5.74) is 1.37. The van der Waals surface area contributed by atoms with E-state index < -0.39 is 22.0 Å². The van der Waals surface area contributed by atoms with Gasteiger partial charge in [0.2, 0.25) is 10.0 Å². The number of carboxylic acids is 1. The van der Waals surface area contributed by atoms with Crippen LogP contribution in [0.5, 0.6) is 0 Å². The fourth-order valence-corrected chi connectivity index (χ4v) is 4.47. The molecule has 1 aromatic heterocycles. The quantitative estimate of drug-likeness (QED) is 0.845. The Morgan fingerprint density at radius 2 is 1.96 bits per heavy atom. The molecule has 6 nitrogen and oxygen atoms in total. The zero-order chi connectivity index (χ0) is 17.4. The van der Waals surface area contributed by atoms with E-state index in [4.69, 9.17) is 0 Å². The van der Waals surface area contributed by atoms with Gasteiger partial charge >= 0.3 is 5.97 Å². The highest BCUT2D eigenvalue weighted by Crippen LogP contribution is 2.29. The first-order chi connectivity index (χ1) is 10.7. The number of carboxylic acid groups (broad SMARTS) is 1. The van der Waals surface area contributed by atoms with Crippen LogP contribution in [0.2, 0.25) is 0 Å². The fourth-order valence-electron chi connectivity index (χ4n) is 2.70. The third kappa shape index (κ3) is 3.11. The Hall–Kier alpha value is -1.86. The highest BCUT2D eigenvalue weighted by molar-refractivity contribution is 7.89. The molecule has 2 rings (SSSR count). The summed E-state index contributed by atoms with van der Waals surface area (Å²) in [5, 5.41) is 9.93. The van der Waals surface area contributed by atoms with Gasteiger partial charge in [0, 0.05) is 23.6 Å². The van der Waals surface area contributed by atoms with Crippen LogP contribution in [0, 0.1) is 12.8 Å². The summed E-state index contributed by atoms with van der Waals surface area (Å²) in [6.07, 6.45) is 0.563. The Morgan fingerprint density at radius 3 is 2.52 bits per heavy atom. The summed E-state index contributed by atoms with van der Waals surface area (Å²) >= 11 is 0. The SMILES string of the molecule is CC[C@H](C)[C@H](NS(=O)(=O)c1c(C)n(C)c2ccccc12)C(=O)O. The largest absolute Gasteiger partial charge is 0.480 e. The molecule has 0 amide bonds. The molecule has 0 saturated carbocycles. The van der Waals surface area contributed by atoms with Gasteiger partial charge in [-0.25, -0.2) is 8.42 Å². The summed E-state index contributed by atoms with van der Waals surface area (Å²) in [6, 6.07) is 6.03. The molecule has 7 heteroatoms. The summed E-state index contributed by atoms with van der Waals surface area (Å²) in [6.45, 7) is 5.27. The van der Waals surface area contributed by atoms with Crippen molar-refractivity contribution >= 4 is 26.9 Å². The van der Waals surface area contributed by atoms with Crippen LogP contribution in [-0.2, 0) is 21.9 Å². The maximum atomic E-state index is 12.8. The Bertz CT molecular complexity index is 839. The van der Waals surface area contributed by atoms with E-state index in [1.165, 1.54) is 0 Å². The van der Waals surface area contributed by atoms with Crippen molar-refractivity contribution in [3.05, 3.63) is 30.0 Å². The predicted octanol–water partition coefficient (Wildman–Crippen LogP) is 2.26. The van der Waals surface area contributed by atoms with Crippen molar-refractivity contribution in [3.8, 4) is 0 Å². The van der Waals surface area contributed by atoms with Gasteiger partial charge in [0.15, 0.2) is 0 Å². The number of aryl methyl sites for hydroxylation is 1. The lowest BCUT2D eigenvalue weighted by Crippen LogP contribution is -2.45. The van der Waals surface area contributed by atoms with Crippen molar-refractivity contribution in [2.24, 2.45) is 13.0 Å². The number of sulfonamides is 1. The first-order valence-corrected chi connectivity index (χ1v) is 8.98. The van der Waals surface area contributed by atoms with E-state index in [1.54, 1.807) is 37.6 Å². The van der Waals surface area contributed by atoms with Crippen molar-refractivity contribution in [2.75, 3.05) is 0 Å². The Labute approximate surface area is 136 Å². The van der Waals surface area contributed by atoms with Crippen LogP contribution in [0.4, 0.5) is 0 Å². The van der Waals surface area contributed by atoms with Crippen molar-refractivity contribution in [3.63, 3.8) is 0 Å². The van der Waals surface area contributed by atoms with E-state index in [0.29, 0.717) is 17.5 Å². The van der Waals surface area contributed by atoms with Crippen molar-refractivity contribution in [2.45, 2.75) is 38.1 Å². The van der Waals surface area contributed by atoms with Crippen LogP contribution >= 0.6 is 0 Å². The molecular weight excluding hydrogens is 316 g/mol. The van der Waals surface area contributed by atoms with Gasteiger partial charge in [-0.15, -0.1) is 0 Å². The molecular formula is C16H22N2O4S. The van der Waals surface area contributed by atoms with Crippen LogP contribution in [0.1, 0.15) is 26.0 Å². The zero-order valence-electron chi connectivity index (χ0n) is 13.7. The Kier molecular flexibility index (Phi) is 4.81. The number of rotatable bonds is 6. The molecule has 0 bridgehead atoms. The molecule has 2 atom stereocenters. The Balaban J connectivity index is 2.56. The molecule has 0 aliphatic heterocycles. The molecule has 2 aromatic rings. The molecule has 0 unspecified atom stereocenters. The average Bonchev–Trinajstić information content (AvgIpc) is 2.76. The van der Waals surface area contributed by atoms with Crippen LogP contribution in [-0.4, -0.2) is 30.1 Å². The molecule has 2 N–H and O–H groups in total. The number of nitrogens with zero attached hydrogens (tertiary/aromatic N) is 1. The van der Waals surface area contributed by atoms with Gasteiger partial charge < -0.3 is 9.67 Å². The normalized spacial score (nSPS) is 14.8. The number of para-hydroxylation sites is 1. The van der Waals surface area contributed by atoms with Gasteiger partial charge in [-0.05, 0) is 18.9 Å². The van der Waals surface area contributed by atoms with Crippen molar-refractivity contribution in [1.29, 1.82) is 0 Å². The highest BCUT2D eigenvalue weighted by Gasteiger charge is 2.32. The number of benzene rings is 1. The number of aliphatic carboxylic acids is 1. The van der Waals surface area contributed by atoms with Crippen LogP contribution in [0.25, 0.3) is 10.9 Å². The summed E-state index contributed by atoms with van der Waals surface area (Å²) in [5.74, 6) is -1.47. The number of aromatic nitrogens is 1. The number of nitrogens with one attached hydrogen (secondary N) is 1. The van der Waals surface area contributed by atoms with E-state index in [9.17, 15) is 18.3 Å². The molecule has 1 aromatic carbocycles. The molecule has 1 heterocycles. The zero-order valence-corrected chi connectivity index (χ0v) is 14.5. The fraction of sp³-hybridized carbons (Fsp3) is 0.438. The highest BCUT2D eigenvalue weighted by atomic mass is 32.2. The molecule has 23 heavy (non-hydrogen) atoms. The third-order valence-electron chi connectivity index (χ3n) is 4.37. The van der Waals surface area contributed by atoms with Crippen LogP contribution in [0.15, 0.2) is 29.2 Å². The molecule has 0 fully saturated rings. The molecule has 0 aliphatic rings. The maximum absolute atomic E-state index is 12.8. The number of fused-ring (bicyclic) bond motifs is 1. The van der Waals surface area contributed by atoms with E-state index in [1.807, 2.05) is 19.1 Å². The summed E-state index contributed by atoms with van der Waals surface area (Å²) < 4.78 is 29.8. The van der Waals surface area contributed by atoms with E-state index >= 15 is 0 Å². The molecule has 0 spiro atoms. The van der Waals surface area contributed by atoms with E-state index in [0.717, 1.165) is 5.52 Å². The molecule has 0 saturated heterocycles. The van der Waals surface area contributed by atoms with Crippen LogP contribution < -0.4 is 4.72 Å². The molecule has 0 aliphatic carbocycles. The van der Waals surface area contributed by atoms with Gasteiger partial charge in [0.1, 0.15) is 10.9 Å². The number of hydrogen-bond acceptors (Lipinski definition) is 3. The van der Waals surface area contributed by atoms with Gasteiger partial charge in [-0.3, -0.25) is 4.79 Å². The summed E-state index contributed by atoms with van der Waals surface area (Å²) in [4.78, 5) is 11.6. The molecule has 126 valence electrons. The standard InChI is InChI=1S/C16H22N2O4S/c1-5-10(2)14(16(19)20)17-23(21,22)15-11(3)18(4)13-9-7-6-8-12(13)15/h6-10,14,17H,5H2,1-4H3,(H,19,20)/t10-,14-/m0/s1. The smallest absolute Gasteiger partial charge is 0.322 e. The average molecular weight is 338 g/mol. The van der Waals surface area contributed by atoms with Gasteiger partial charge in [-0.2, -0.15) is 4.72 Å². The minimum absolute atomic E-state index is 0.144. The van der Waals surface area contributed by atoms with Gasteiger partial charge in [0.25, 0.3) is 0 Å². The minimum atomic E-state index is -3.95. The van der Waals surface area contributed by atoms with Crippen molar-refractivity contribution < 1.29 is 18.3 Å². The third-order valence-corrected chi connectivity index (χ3v) is 5.99. The monoisotopic (exact) mass is 338 g/mol. The second-order valence-corrected chi connectivity index (χ2v) is 7.46. The van der Waals surface area contributed by atoms with E-state index in [-0.39, 0.29) is 10.8 Å². The van der Waals surface area contributed by atoms with Gasteiger partial charge in [-0.1, -0.05) is 38.5 Å². The molecule has 0 radical (unpaired) electrons.